The van der Waals surface area contributed by atoms with E-state index in [2.05, 4.69) is 32.9 Å². The van der Waals surface area contributed by atoms with Crippen molar-refractivity contribution < 1.29 is 10.2 Å². The van der Waals surface area contributed by atoms with E-state index in [4.69, 9.17) is 0 Å². The molecule has 0 heterocycles. The Hall–Kier alpha value is -0.600. The van der Waals surface area contributed by atoms with Crippen molar-refractivity contribution in [2.24, 2.45) is 17.8 Å². The first-order valence-corrected chi connectivity index (χ1v) is 8.94. The van der Waals surface area contributed by atoms with Crippen molar-refractivity contribution in [1.29, 1.82) is 0 Å². The molecule has 0 aromatic rings. The third kappa shape index (κ3) is 3.83. The molecule has 0 bridgehead atoms. The quantitative estimate of drug-likeness (QED) is 0.694. The highest BCUT2D eigenvalue weighted by Gasteiger charge is 2.49. The van der Waals surface area contributed by atoms with Gasteiger partial charge in [-0.25, -0.2) is 0 Å². The molecule has 126 valence electrons. The van der Waals surface area contributed by atoms with Gasteiger partial charge in [-0.3, -0.25) is 0 Å². The minimum Gasteiger partial charge on any atom is -0.390 e. The Morgan fingerprint density at radius 2 is 1.77 bits per heavy atom. The average Bonchev–Trinajstić information content (AvgIpc) is 2.68. The van der Waals surface area contributed by atoms with Gasteiger partial charge in [-0.05, 0) is 71.1 Å². The van der Waals surface area contributed by atoms with Gasteiger partial charge in [-0.2, -0.15) is 0 Å². The van der Waals surface area contributed by atoms with Gasteiger partial charge in [-0.1, -0.05) is 37.1 Å². The Kier molecular flexibility index (Phi) is 5.23. The predicted octanol–water partition coefficient (Wildman–Crippen LogP) is 4.62. The zero-order valence-corrected chi connectivity index (χ0v) is 15.0. The van der Waals surface area contributed by atoms with E-state index in [0.717, 1.165) is 38.5 Å². The highest BCUT2D eigenvalue weighted by atomic mass is 16.3. The molecular formula is C20H34O2. The lowest BCUT2D eigenvalue weighted by atomic mass is 9.74. The van der Waals surface area contributed by atoms with Crippen LogP contribution < -0.4 is 0 Å². The zero-order chi connectivity index (χ0) is 16.5. The first-order chi connectivity index (χ1) is 10.1. The van der Waals surface area contributed by atoms with E-state index in [-0.39, 0.29) is 11.8 Å². The smallest absolute Gasteiger partial charge is 0.0686 e. The summed E-state index contributed by atoms with van der Waals surface area (Å²) in [6.45, 7) is 10.6. The first kappa shape index (κ1) is 17.7. The molecule has 2 aliphatic carbocycles. The highest BCUT2D eigenvalue weighted by Crippen LogP contribution is 2.48. The van der Waals surface area contributed by atoms with Crippen LogP contribution >= 0.6 is 0 Å². The van der Waals surface area contributed by atoms with E-state index >= 15 is 0 Å². The van der Waals surface area contributed by atoms with Crippen molar-refractivity contribution in [3.8, 4) is 0 Å². The Labute approximate surface area is 136 Å². The second-order valence-electron chi connectivity index (χ2n) is 8.37. The molecule has 22 heavy (non-hydrogen) atoms. The third-order valence-corrected chi connectivity index (χ3v) is 6.00. The third-order valence-electron chi connectivity index (χ3n) is 6.00. The van der Waals surface area contributed by atoms with Crippen LogP contribution in [0.1, 0.15) is 73.1 Å². The maximum absolute atomic E-state index is 11.0. The standard InChI is InChI=1S/C20H34O2/c1-14(2)16-9-8-15(3)7-6-11-19(4,21)17-10-12-20(5,22)18(17)13-16/h7,13-14,17-18,21-22H,6,8-12H2,1-5H3. The number of allylic oxidation sites excluding steroid dienone is 3. The van der Waals surface area contributed by atoms with E-state index in [9.17, 15) is 10.2 Å². The second kappa shape index (κ2) is 6.49. The average molecular weight is 306 g/mol. The van der Waals surface area contributed by atoms with Gasteiger partial charge in [-0.15, -0.1) is 0 Å². The van der Waals surface area contributed by atoms with Crippen LogP contribution in [-0.4, -0.2) is 21.4 Å². The number of rotatable bonds is 1. The minimum atomic E-state index is -0.704. The summed E-state index contributed by atoms with van der Waals surface area (Å²) < 4.78 is 0. The van der Waals surface area contributed by atoms with Gasteiger partial charge >= 0.3 is 0 Å². The van der Waals surface area contributed by atoms with E-state index < -0.39 is 11.2 Å². The summed E-state index contributed by atoms with van der Waals surface area (Å²) in [5.74, 6) is 0.719. The number of hydrogen-bond acceptors (Lipinski definition) is 2. The van der Waals surface area contributed by atoms with Crippen molar-refractivity contribution >= 4 is 0 Å². The normalized spacial score (nSPS) is 40.7. The molecule has 0 amide bonds. The topological polar surface area (TPSA) is 40.5 Å². The van der Waals surface area contributed by atoms with Crippen LogP contribution in [0.3, 0.4) is 0 Å². The molecule has 4 unspecified atom stereocenters. The van der Waals surface area contributed by atoms with Gasteiger partial charge < -0.3 is 10.2 Å². The van der Waals surface area contributed by atoms with Crippen LogP contribution in [0.2, 0.25) is 0 Å². The molecule has 1 saturated carbocycles. The molecule has 0 aliphatic heterocycles. The molecule has 2 aliphatic rings. The van der Waals surface area contributed by atoms with Crippen LogP contribution in [-0.2, 0) is 0 Å². The largest absolute Gasteiger partial charge is 0.390 e. The first-order valence-electron chi connectivity index (χ1n) is 8.94. The monoisotopic (exact) mass is 306 g/mol. The van der Waals surface area contributed by atoms with E-state index in [1.807, 2.05) is 13.8 Å². The summed E-state index contributed by atoms with van der Waals surface area (Å²) in [7, 11) is 0. The fourth-order valence-corrected chi connectivity index (χ4v) is 4.26. The zero-order valence-electron chi connectivity index (χ0n) is 15.0. The van der Waals surface area contributed by atoms with Gasteiger partial charge in [0.05, 0.1) is 11.2 Å². The molecule has 0 spiro atoms. The van der Waals surface area contributed by atoms with Crippen LogP contribution in [0.4, 0.5) is 0 Å². The van der Waals surface area contributed by atoms with Gasteiger partial charge in [0.2, 0.25) is 0 Å². The predicted molar refractivity (Wildman–Crippen MR) is 92.6 cm³/mol. The summed E-state index contributed by atoms with van der Waals surface area (Å²) in [6, 6.07) is 0. The molecule has 2 heteroatoms. The summed E-state index contributed by atoms with van der Waals surface area (Å²) in [4.78, 5) is 0. The van der Waals surface area contributed by atoms with Gasteiger partial charge in [0.1, 0.15) is 0 Å². The van der Waals surface area contributed by atoms with Crippen molar-refractivity contribution in [1.82, 2.24) is 0 Å². The number of aliphatic hydroxyl groups is 2. The Morgan fingerprint density at radius 1 is 1.09 bits per heavy atom. The van der Waals surface area contributed by atoms with Crippen molar-refractivity contribution in [2.75, 3.05) is 0 Å². The van der Waals surface area contributed by atoms with Gasteiger partial charge in [0.15, 0.2) is 0 Å². The lowest BCUT2D eigenvalue weighted by molar-refractivity contribution is -0.0453. The van der Waals surface area contributed by atoms with Crippen molar-refractivity contribution in [2.45, 2.75) is 84.3 Å². The maximum Gasteiger partial charge on any atom is 0.0686 e. The summed E-state index contributed by atoms with van der Waals surface area (Å²) in [5, 5.41) is 21.9. The number of fused-ring (bicyclic) bond motifs is 1. The van der Waals surface area contributed by atoms with E-state index in [1.54, 1.807) is 0 Å². The molecule has 0 aromatic carbocycles. The van der Waals surface area contributed by atoms with Gasteiger partial charge in [0.25, 0.3) is 0 Å². The summed E-state index contributed by atoms with van der Waals surface area (Å²) >= 11 is 0. The molecule has 2 rings (SSSR count). The van der Waals surface area contributed by atoms with Crippen molar-refractivity contribution in [3.63, 3.8) is 0 Å². The van der Waals surface area contributed by atoms with Crippen LogP contribution in [0, 0.1) is 17.8 Å². The van der Waals surface area contributed by atoms with Crippen LogP contribution in [0.5, 0.6) is 0 Å². The van der Waals surface area contributed by atoms with E-state index in [0.29, 0.717) is 5.92 Å². The molecule has 4 atom stereocenters. The Morgan fingerprint density at radius 3 is 2.41 bits per heavy atom. The van der Waals surface area contributed by atoms with Crippen LogP contribution in [0.25, 0.3) is 0 Å². The maximum atomic E-state index is 11.0. The molecule has 2 N–H and O–H groups in total. The minimum absolute atomic E-state index is 0.0679. The number of hydrogen-bond donors (Lipinski definition) is 2. The lowest BCUT2D eigenvalue weighted by Gasteiger charge is -2.37. The molecular weight excluding hydrogens is 272 g/mol. The van der Waals surface area contributed by atoms with E-state index in [1.165, 1.54) is 11.1 Å². The SMILES string of the molecule is CC1=CCCC(C)(O)C2CCC(C)(O)C2C=C(C(C)C)CC1. The Balaban J connectivity index is 2.42. The van der Waals surface area contributed by atoms with Crippen molar-refractivity contribution in [3.05, 3.63) is 23.3 Å². The molecule has 0 aromatic heterocycles. The molecule has 2 nitrogen and oxygen atoms in total. The summed E-state index contributed by atoms with van der Waals surface area (Å²) in [6.07, 6.45) is 10.2. The lowest BCUT2D eigenvalue weighted by Crippen LogP contribution is -2.41. The highest BCUT2D eigenvalue weighted by molar-refractivity contribution is 5.18. The second-order valence-corrected chi connectivity index (χ2v) is 8.37. The molecule has 0 radical (unpaired) electrons. The Bertz CT molecular complexity index is 454. The van der Waals surface area contributed by atoms with Crippen LogP contribution in [0.15, 0.2) is 23.3 Å². The summed E-state index contributed by atoms with van der Waals surface area (Å²) in [5.41, 5.74) is 1.46. The molecule has 0 saturated heterocycles. The molecule has 1 fully saturated rings. The van der Waals surface area contributed by atoms with Gasteiger partial charge in [0, 0.05) is 5.92 Å². The fraction of sp³-hybridized carbons (Fsp3) is 0.800. The fourth-order valence-electron chi connectivity index (χ4n) is 4.26.